The standard InChI is InChI=1S/C11H22N2O2/c1-4-13(5-2)8-11(3,10(14)15)12-9-6-7-9/h9,12H,4-8H2,1-3H3,(H,14,15). The molecule has 4 nitrogen and oxygen atoms in total. The minimum Gasteiger partial charge on any atom is -0.480 e. The monoisotopic (exact) mass is 214 g/mol. The molecular weight excluding hydrogens is 192 g/mol. The lowest BCUT2D eigenvalue weighted by molar-refractivity contribution is -0.145. The van der Waals surface area contributed by atoms with Gasteiger partial charge in [0, 0.05) is 12.6 Å². The Bertz CT molecular complexity index is 225. The third kappa shape index (κ3) is 3.47. The lowest BCUT2D eigenvalue weighted by Gasteiger charge is -2.32. The average molecular weight is 214 g/mol. The van der Waals surface area contributed by atoms with Crippen molar-refractivity contribution in [1.29, 1.82) is 0 Å². The van der Waals surface area contributed by atoms with E-state index in [-0.39, 0.29) is 0 Å². The number of carboxylic acid groups (broad SMARTS) is 1. The summed E-state index contributed by atoms with van der Waals surface area (Å²) >= 11 is 0. The van der Waals surface area contributed by atoms with E-state index >= 15 is 0 Å². The van der Waals surface area contributed by atoms with Gasteiger partial charge in [-0.25, -0.2) is 0 Å². The predicted octanol–water partition coefficient (Wildman–Crippen LogP) is 0.923. The van der Waals surface area contributed by atoms with Gasteiger partial charge in [0.25, 0.3) is 0 Å². The zero-order chi connectivity index (χ0) is 11.5. The fourth-order valence-electron chi connectivity index (χ4n) is 1.75. The molecule has 0 heterocycles. The highest BCUT2D eigenvalue weighted by atomic mass is 16.4. The summed E-state index contributed by atoms with van der Waals surface area (Å²) in [6, 6.07) is 0.418. The van der Waals surface area contributed by atoms with Crippen molar-refractivity contribution in [2.75, 3.05) is 19.6 Å². The Hall–Kier alpha value is -0.610. The Morgan fingerprint density at radius 2 is 2.00 bits per heavy atom. The molecule has 0 bridgehead atoms. The molecule has 0 saturated heterocycles. The Balaban J connectivity index is 2.57. The Labute approximate surface area is 91.6 Å². The van der Waals surface area contributed by atoms with Crippen LogP contribution >= 0.6 is 0 Å². The van der Waals surface area contributed by atoms with Crippen molar-refractivity contribution in [1.82, 2.24) is 10.2 Å². The summed E-state index contributed by atoms with van der Waals surface area (Å²) in [7, 11) is 0. The molecule has 1 unspecified atom stereocenters. The van der Waals surface area contributed by atoms with E-state index in [4.69, 9.17) is 0 Å². The molecule has 0 radical (unpaired) electrons. The zero-order valence-electron chi connectivity index (χ0n) is 9.92. The molecule has 1 atom stereocenters. The number of hydrogen-bond acceptors (Lipinski definition) is 3. The highest BCUT2D eigenvalue weighted by Crippen LogP contribution is 2.23. The van der Waals surface area contributed by atoms with Gasteiger partial charge in [0.15, 0.2) is 0 Å². The first-order chi connectivity index (χ1) is 7.01. The first-order valence-corrected chi connectivity index (χ1v) is 5.75. The second kappa shape index (κ2) is 4.94. The summed E-state index contributed by atoms with van der Waals surface area (Å²) in [5, 5.41) is 12.5. The number of likely N-dealkylation sites (N-methyl/N-ethyl adjacent to an activating group) is 1. The minimum absolute atomic E-state index is 0.418. The highest BCUT2D eigenvalue weighted by Gasteiger charge is 2.39. The Kier molecular flexibility index (Phi) is 4.11. The Morgan fingerprint density at radius 3 is 2.33 bits per heavy atom. The lowest BCUT2D eigenvalue weighted by atomic mass is 10.0. The summed E-state index contributed by atoms with van der Waals surface area (Å²) in [6.45, 7) is 8.26. The van der Waals surface area contributed by atoms with Gasteiger partial charge in [-0.3, -0.25) is 10.1 Å². The van der Waals surface area contributed by atoms with Crippen molar-refractivity contribution in [3.8, 4) is 0 Å². The van der Waals surface area contributed by atoms with Crippen LogP contribution in [0.2, 0.25) is 0 Å². The lowest BCUT2D eigenvalue weighted by Crippen LogP contribution is -2.57. The largest absolute Gasteiger partial charge is 0.480 e. The van der Waals surface area contributed by atoms with Crippen molar-refractivity contribution in [3.05, 3.63) is 0 Å². The molecule has 1 saturated carbocycles. The smallest absolute Gasteiger partial charge is 0.324 e. The number of carboxylic acids is 1. The molecule has 4 heteroatoms. The van der Waals surface area contributed by atoms with Crippen LogP contribution < -0.4 is 5.32 Å². The van der Waals surface area contributed by atoms with Gasteiger partial charge >= 0.3 is 5.97 Å². The second-order valence-corrected chi connectivity index (χ2v) is 4.52. The number of nitrogens with zero attached hydrogens (tertiary/aromatic N) is 1. The molecule has 88 valence electrons. The predicted molar refractivity (Wildman–Crippen MR) is 60.0 cm³/mol. The normalized spacial score (nSPS) is 20.3. The number of rotatable bonds is 7. The zero-order valence-corrected chi connectivity index (χ0v) is 9.92. The van der Waals surface area contributed by atoms with Crippen LogP contribution in [0.3, 0.4) is 0 Å². The number of nitrogens with one attached hydrogen (secondary N) is 1. The molecule has 0 aromatic heterocycles. The molecule has 2 N–H and O–H groups in total. The summed E-state index contributed by atoms with van der Waals surface area (Å²) in [5.74, 6) is -0.749. The van der Waals surface area contributed by atoms with E-state index in [2.05, 4.69) is 24.1 Å². The topological polar surface area (TPSA) is 52.6 Å². The fraction of sp³-hybridized carbons (Fsp3) is 0.909. The maximum absolute atomic E-state index is 11.3. The maximum Gasteiger partial charge on any atom is 0.324 e. The SMILES string of the molecule is CCN(CC)CC(C)(NC1CC1)C(=O)O. The van der Waals surface area contributed by atoms with Crippen LogP contribution in [0.15, 0.2) is 0 Å². The molecule has 1 rings (SSSR count). The summed E-state index contributed by atoms with van der Waals surface area (Å²) < 4.78 is 0. The van der Waals surface area contributed by atoms with Crippen LogP contribution in [0.4, 0.5) is 0 Å². The first kappa shape index (κ1) is 12.5. The van der Waals surface area contributed by atoms with Gasteiger partial charge in [-0.1, -0.05) is 13.8 Å². The van der Waals surface area contributed by atoms with E-state index in [0.29, 0.717) is 12.6 Å². The third-order valence-electron chi connectivity index (χ3n) is 3.01. The van der Waals surface area contributed by atoms with Gasteiger partial charge in [0.05, 0.1) is 0 Å². The summed E-state index contributed by atoms with van der Waals surface area (Å²) in [5.41, 5.74) is -0.798. The molecule has 0 aliphatic heterocycles. The van der Waals surface area contributed by atoms with Gasteiger partial charge in [-0.15, -0.1) is 0 Å². The van der Waals surface area contributed by atoms with Crippen LogP contribution in [0.1, 0.15) is 33.6 Å². The van der Waals surface area contributed by atoms with E-state index < -0.39 is 11.5 Å². The highest BCUT2D eigenvalue weighted by molar-refractivity contribution is 5.78. The number of carbonyl (C=O) groups is 1. The molecule has 0 aromatic rings. The maximum atomic E-state index is 11.3. The Morgan fingerprint density at radius 1 is 1.47 bits per heavy atom. The third-order valence-corrected chi connectivity index (χ3v) is 3.01. The molecule has 15 heavy (non-hydrogen) atoms. The van der Waals surface area contributed by atoms with Gasteiger partial charge in [-0.2, -0.15) is 0 Å². The van der Waals surface area contributed by atoms with E-state index in [1.165, 1.54) is 0 Å². The fourth-order valence-corrected chi connectivity index (χ4v) is 1.75. The van der Waals surface area contributed by atoms with Gasteiger partial charge in [0.1, 0.15) is 5.54 Å². The molecule has 0 aromatic carbocycles. The van der Waals surface area contributed by atoms with Gasteiger partial charge in [-0.05, 0) is 32.9 Å². The molecule has 1 aliphatic carbocycles. The van der Waals surface area contributed by atoms with Crippen molar-refractivity contribution >= 4 is 5.97 Å². The molecule has 1 aliphatic rings. The van der Waals surface area contributed by atoms with Gasteiger partial charge < -0.3 is 10.0 Å². The molecule has 0 amide bonds. The van der Waals surface area contributed by atoms with Crippen LogP contribution in [0, 0.1) is 0 Å². The molecular formula is C11H22N2O2. The molecule has 0 spiro atoms. The number of hydrogen-bond donors (Lipinski definition) is 2. The quantitative estimate of drug-likeness (QED) is 0.662. The molecule has 1 fully saturated rings. The van der Waals surface area contributed by atoms with E-state index in [1.807, 2.05) is 0 Å². The van der Waals surface area contributed by atoms with Crippen molar-refractivity contribution in [2.24, 2.45) is 0 Å². The van der Waals surface area contributed by atoms with E-state index in [1.54, 1.807) is 6.92 Å². The minimum atomic E-state index is -0.798. The van der Waals surface area contributed by atoms with Crippen LogP contribution in [0.5, 0.6) is 0 Å². The van der Waals surface area contributed by atoms with Crippen LogP contribution in [0.25, 0.3) is 0 Å². The van der Waals surface area contributed by atoms with E-state index in [0.717, 1.165) is 25.9 Å². The van der Waals surface area contributed by atoms with Crippen molar-refractivity contribution in [3.63, 3.8) is 0 Å². The first-order valence-electron chi connectivity index (χ1n) is 5.75. The second-order valence-electron chi connectivity index (χ2n) is 4.52. The van der Waals surface area contributed by atoms with E-state index in [9.17, 15) is 9.90 Å². The van der Waals surface area contributed by atoms with Gasteiger partial charge in [0.2, 0.25) is 0 Å². The average Bonchev–Trinajstić information content (AvgIpc) is 2.97. The van der Waals surface area contributed by atoms with Crippen LogP contribution in [-0.4, -0.2) is 47.2 Å². The number of aliphatic carboxylic acids is 1. The van der Waals surface area contributed by atoms with Crippen LogP contribution in [-0.2, 0) is 4.79 Å². The summed E-state index contributed by atoms with van der Waals surface area (Å²) in [6.07, 6.45) is 2.22. The van der Waals surface area contributed by atoms with Crippen molar-refractivity contribution < 1.29 is 9.90 Å². The summed E-state index contributed by atoms with van der Waals surface area (Å²) in [4.78, 5) is 13.4. The van der Waals surface area contributed by atoms with Crippen molar-refractivity contribution in [2.45, 2.75) is 45.2 Å².